The van der Waals surface area contributed by atoms with Gasteiger partial charge in [0.2, 0.25) is 0 Å². The van der Waals surface area contributed by atoms with E-state index in [0.717, 1.165) is 6.54 Å². The highest BCUT2D eigenvalue weighted by atomic mass is 35.5. The monoisotopic (exact) mass is 256 g/mol. The molecule has 0 aliphatic carbocycles. The summed E-state index contributed by atoms with van der Waals surface area (Å²) in [6.07, 6.45) is 1.46. The fraction of sp³-hybridized carbons (Fsp3) is 0.500. The van der Waals surface area contributed by atoms with Crippen molar-refractivity contribution in [2.24, 2.45) is 5.92 Å². The van der Waals surface area contributed by atoms with Gasteiger partial charge in [0, 0.05) is 12.7 Å². The molecule has 1 heterocycles. The number of esters is 1. The molecule has 1 aromatic rings. The van der Waals surface area contributed by atoms with Gasteiger partial charge in [0.15, 0.2) is 0 Å². The average Bonchev–Trinajstić information content (AvgIpc) is 2.27. The molecule has 1 aromatic heterocycles. The zero-order valence-electron chi connectivity index (χ0n) is 10.3. The first kappa shape index (κ1) is 13.8. The van der Waals surface area contributed by atoms with E-state index in [2.05, 4.69) is 24.1 Å². The van der Waals surface area contributed by atoms with Gasteiger partial charge in [0.1, 0.15) is 5.82 Å². The summed E-state index contributed by atoms with van der Waals surface area (Å²) in [5.74, 6) is 0.684. The van der Waals surface area contributed by atoms with Crippen molar-refractivity contribution in [3.63, 3.8) is 0 Å². The Kier molecular flexibility index (Phi) is 5.22. The van der Waals surface area contributed by atoms with Crippen LogP contribution in [-0.2, 0) is 4.74 Å². The predicted octanol–water partition coefficient (Wildman–Crippen LogP) is 2.98. The van der Waals surface area contributed by atoms with Crippen LogP contribution in [0, 0.1) is 5.92 Å². The standard InChI is InChI=1S/C12H17ClN2O2/c1-4-17-12(16)9-5-10(13)11(15-7-9)14-6-8(2)3/h5,7-8H,4,6H2,1-3H3,(H,14,15). The van der Waals surface area contributed by atoms with Crippen LogP contribution >= 0.6 is 11.6 Å². The third kappa shape index (κ3) is 4.23. The molecule has 0 bridgehead atoms. The number of halogens is 1. The first-order valence-electron chi connectivity index (χ1n) is 5.61. The summed E-state index contributed by atoms with van der Waals surface area (Å²) in [6.45, 7) is 7.06. The van der Waals surface area contributed by atoms with Crippen molar-refractivity contribution >= 4 is 23.4 Å². The van der Waals surface area contributed by atoms with Gasteiger partial charge in [-0.25, -0.2) is 9.78 Å². The fourth-order valence-electron chi connectivity index (χ4n) is 1.19. The van der Waals surface area contributed by atoms with Crippen LogP contribution < -0.4 is 5.32 Å². The summed E-state index contributed by atoms with van der Waals surface area (Å²) < 4.78 is 4.86. The maximum Gasteiger partial charge on any atom is 0.339 e. The summed E-state index contributed by atoms with van der Waals surface area (Å²) in [4.78, 5) is 15.5. The molecule has 1 rings (SSSR count). The van der Waals surface area contributed by atoms with Crippen molar-refractivity contribution in [2.45, 2.75) is 20.8 Å². The number of ether oxygens (including phenoxy) is 1. The number of rotatable bonds is 5. The maximum absolute atomic E-state index is 11.4. The fourth-order valence-corrected chi connectivity index (χ4v) is 1.43. The number of hydrogen-bond donors (Lipinski definition) is 1. The summed E-state index contributed by atoms with van der Waals surface area (Å²) in [5, 5.41) is 3.54. The Morgan fingerprint density at radius 1 is 1.59 bits per heavy atom. The van der Waals surface area contributed by atoms with Crippen LogP contribution in [0.5, 0.6) is 0 Å². The van der Waals surface area contributed by atoms with E-state index in [1.807, 2.05) is 0 Å². The van der Waals surface area contributed by atoms with Crippen LogP contribution in [0.15, 0.2) is 12.3 Å². The molecule has 0 radical (unpaired) electrons. The Bertz CT molecular complexity index is 394. The van der Waals surface area contributed by atoms with Gasteiger partial charge in [-0.1, -0.05) is 25.4 Å². The van der Waals surface area contributed by atoms with E-state index in [-0.39, 0.29) is 0 Å². The average molecular weight is 257 g/mol. The molecule has 0 saturated heterocycles. The second kappa shape index (κ2) is 6.45. The van der Waals surface area contributed by atoms with Crippen LogP contribution in [0.2, 0.25) is 5.02 Å². The predicted molar refractivity (Wildman–Crippen MR) is 68.5 cm³/mol. The molecule has 0 aliphatic rings. The summed E-state index contributed by atoms with van der Waals surface area (Å²) in [5.41, 5.74) is 0.368. The van der Waals surface area contributed by atoms with Gasteiger partial charge in [-0.05, 0) is 18.9 Å². The number of carbonyl (C=O) groups excluding carboxylic acids is 1. The minimum absolute atomic E-state index is 0.337. The van der Waals surface area contributed by atoms with Crippen LogP contribution in [0.4, 0.5) is 5.82 Å². The molecular weight excluding hydrogens is 240 g/mol. The van der Waals surface area contributed by atoms with Gasteiger partial charge in [-0.2, -0.15) is 0 Å². The van der Waals surface area contributed by atoms with Gasteiger partial charge in [-0.15, -0.1) is 0 Å². The molecule has 0 fully saturated rings. The van der Waals surface area contributed by atoms with E-state index in [0.29, 0.717) is 28.9 Å². The van der Waals surface area contributed by atoms with E-state index in [1.165, 1.54) is 6.20 Å². The lowest BCUT2D eigenvalue weighted by Crippen LogP contribution is -2.11. The van der Waals surface area contributed by atoms with Crippen LogP contribution in [-0.4, -0.2) is 24.1 Å². The van der Waals surface area contributed by atoms with Crippen LogP contribution in [0.1, 0.15) is 31.1 Å². The van der Waals surface area contributed by atoms with Crippen molar-refractivity contribution in [1.82, 2.24) is 4.98 Å². The Morgan fingerprint density at radius 3 is 2.82 bits per heavy atom. The summed E-state index contributed by atoms with van der Waals surface area (Å²) >= 11 is 6.02. The highest BCUT2D eigenvalue weighted by Crippen LogP contribution is 2.20. The third-order valence-corrected chi connectivity index (χ3v) is 2.32. The van der Waals surface area contributed by atoms with Crippen molar-refractivity contribution in [3.8, 4) is 0 Å². The molecule has 0 atom stereocenters. The third-order valence-electron chi connectivity index (χ3n) is 2.03. The highest BCUT2D eigenvalue weighted by Gasteiger charge is 2.10. The smallest absolute Gasteiger partial charge is 0.339 e. The molecule has 94 valence electrons. The number of carbonyl (C=O) groups is 1. The number of nitrogens with zero attached hydrogens (tertiary/aromatic N) is 1. The molecular formula is C12H17ClN2O2. The van der Waals surface area contributed by atoms with E-state index in [9.17, 15) is 4.79 Å². The SMILES string of the molecule is CCOC(=O)c1cnc(NCC(C)C)c(Cl)c1. The minimum atomic E-state index is -0.405. The molecule has 17 heavy (non-hydrogen) atoms. The Balaban J connectivity index is 2.75. The van der Waals surface area contributed by atoms with Crippen molar-refractivity contribution in [3.05, 3.63) is 22.8 Å². The Labute approximate surface area is 106 Å². The molecule has 0 spiro atoms. The van der Waals surface area contributed by atoms with Crippen molar-refractivity contribution < 1.29 is 9.53 Å². The van der Waals surface area contributed by atoms with E-state index < -0.39 is 5.97 Å². The summed E-state index contributed by atoms with van der Waals surface area (Å²) in [7, 11) is 0. The molecule has 0 amide bonds. The topological polar surface area (TPSA) is 51.2 Å². The van der Waals surface area contributed by atoms with Gasteiger partial charge in [0.25, 0.3) is 0 Å². The summed E-state index contributed by atoms with van der Waals surface area (Å²) in [6, 6.07) is 1.56. The number of pyridine rings is 1. The molecule has 5 heteroatoms. The first-order chi connectivity index (χ1) is 8.04. The lowest BCUT2D eigenvalue weighted by molar-refractivity contribution is 0.0526. The van der Waals surface area contributed by atoms with E-state index in [1.54, 1.807) is 13.0 Å². The number of anilines is 1. The molecule has 0 aliphatic heterocycles. The Morgan fingerprint density at radius 2 is 2.29 bits per heavy atom. The minimum Gasteiger partial charge on any atom is -0.462 e. The molecule has 4 nitrogen and oxygen atoms in total. The van der Waals surface area contributed by atoms with E-state index in [4.69, 9.17) is 16.3 Å². The van der Waals surface area contributed by atoms with Crippen molar-refractivity contribution in [2.75, 3.05) is 18.5 Å². The first-order valence-corrected chi connectivity index (χ1v) is 5.99. The van der Waals surface area contributed by atoms with Gasteiger partial charge >= 0.3 is 5.97 Å². The molecule has 0 unspecified atom stereocenters. The molecule has 1 N–H and O–H groups in total. The molecule has 0 saturated carbocycles. The number of nitrogens with one attached hydrogen (secondary N) is 1. The zero-order chi connectivity index (χ0) is 12.8. The van der Waals surface area contributed by atoms with Crippen molar-refractivity contribution in [1.29, 1.82) is 0 Å². The maximum atomic E-state index is 11.4. The second-order valence-electron chi connectivity index (χ2n) is 4.05. The number of hydrogen-bond acceptors (Lipinski definition) is 4. The normalized spacial score (nSPS) is 10.4. The Hall–Kier alpha value is -1.29. The number of aromatic nitrogens is 1. The second-order valence-corrected chi connectivity index (χ2v) is 4.46. The van der Waals surface area contributed by atoms with E-state index >= 15 is 0 Å². The van der Waals surface area contributed by atoms with Crippen LogP contribution in [0.25, 0.3) is 0 Å². The highest BCUT2D eigenvalue weighted by molar-refractivity contribution is 6.33. The van der Waals surface area contributed by atoms with Crippen LogP contribution in [0.3, 0.4) is 0 Å². The zero-order valence-corrected chi connectivity index (χ0v) is 11.0. The largest absolute Gasteiger partial charge is 0.462 e. The van der Waals surface area contributed by atoms with Gasteiger partial charge in [0.05, 0.1) is 17.2 Å². The quantitative estimate of drug-likeness (QED) is 0.823. The lowest BCUT2D eigenvalue weighted by atomic mass is 10.2. The lowest BCUT2D eigenvalue weighted by Gasteiger charge is -2.10. The molecule has 0 aromatic carbocycles. The van der Waals surface area contributed by atoms with Gasteiger partial charge < -0.3 is 10.1 Å². The van der Waals surface area contributed by atoms with Gasteiger partial charge in [-0.3, -0.25) is 0 Å².